The molecule has 0 saturated carbocycles. The second kappa shape index (κ2) is 8.30. The van der Waals surface area contributed by atoms with Crippen LogP contribution in [0.5, 0.6) is 0 Å². The van der Waals surface area contributed by atoms with Crippen molar-refractivity contribution in [1.82, 2.24) is 9.78 Å². The van der Waals surface area contributed by atoms with Crippen molar-refractivity contribution < 1.29 is 8.42 Å². The molecule has 5 nitrogen and oxygen atoms in total. The summed E-state index contributed by atoms with van der Waals surface area (Å²) in [6.45, 7) is 6.64. The van der Waals surface area contributed by atoms with Crippen molar-refractivity contribution in [3.63, 3.8) is 0 Å². The molecule has 0 saturated heterocycles. The van der Waals surface area contributed by atoms with Gasteiger partial charge in [-0.3, -0.25) is 9.40 Å². The van der Waals surface area contributed by atoms with E-state index in [0.29, 0.717) is 21.1 Å². The Morgan fingerprint density at radius 3 is 2.31 bits per heavy atom. The molecule has 0 spiro atoms. The Labute approximate surface area is 189 Å². The number of hydrogen-bond donors (Lipinski definition) is 1. The van der Waals surface area contributed by atoms with Gasteiger partial charge in [0.15, 0.2) is 5.82 Å². The molecular formula is C20H20BrCl2N3O2S. The first-order valence-corrected chi connectivity index (χ1v) is 11.8. The van der Waals surface area contributed by atoms with Crippen molar-refractivity contribution >= 4 is 55.0 Å². The summed E-state index contributed by atoms with van der Waals surface area (Å²) in [5.41, 5.74) is 1.90. The molecule has 0 aliphatic rings. The van der Waals surface area contributed by atoms with Gasteiger partial charge in [-0.15, -0.1) is 0 Å². The van der Waals surface area contributed by atoms with Gasteiger partial charge in [0, 0.05) is 6.20 Å². The predicted molar refractivity (Wildman–Crippen MR) is 121 cm³/mol. The van der Waals surface area contributed by atoms with Crippen LogP contribution in [0.3, 0.4) is 0 Å². The van der Waals surface area contributed by atoms with Crippen LogP contribution in [0.4, 0.5) is 5.82 Å². The number of aromatic nitrogens is 2. The number of hydrogen-bond acceptors (Lipinski definition) is 3. The molecule has 3 rings (SSSR count). The molecule has 9 heteroatoms. The van der Waals surface area contributed by atoms with Crippen LogP contribution in [-0.4, -0.2) is 18.2 Å². The van der Waals surface area contributed by atoms with Crippen molar-refractivity contribution in [2.45, 2.75) is 37.6 Å². The van der Waals surface area contributed by atoms with Crippen molar-refractivity contribution in [2.75, 3.05) is 4.72 Å². The molecule has 2 aromatic carbocycles. The Kier molecular flexibility index (Phi) is 6.34. The van der Waals surface area contributed by atoms with E-state index in [0.717, 1.165) is 11.1 Å². The zero-order valence-corrected chi connectivity index (χ0v) is 20.0. The minimum atomic E-state index is -3.76. The van der Waals surface area contributed by atoms with E-state index < -0.39 is 10.0 Å². The number of rotatable bonds is 5. The summed E-state index contributed by atoms with van der Waals surface area (Å²) in [5, 5.41) is 5.26. The van der Waals surface area contributed by atoms with Crippen molar-refractivity contribution in [1.29, 1.82) is 0 Å². The average molecular weight is 517 g/mol. The van der Waals surface area contributed by atoms with Gasteiger partial charge in [0.05, 0.1) is 26.0 Å². The summed E-state index contributed by atoms with van der Waals surface area (Å²) in [4.78, 5) is 0.177. The summed E-state index contributed by atoms with van der Waals surface area (Å²) >= 11 is 15.4. The number of anilines is 1. The van der Waals surface area contributed by atoms with Crippen molar-refractivity contribution in [2.24, 2.45) is 0 Å². The summed E-state index contributed by atoms with van der Waals surface area (Å²) < 4.78 is 30.2. The molecule has 1 N–H and O–H groups in total. The summed E-state index contributed by atoms with van der Waals surface area (Å²) in [6.07, 6.45) is 1.70. The lowest BCUT2D eigenvalue weighted by Gasteiger charge is -2.19. The number of nitrogens with zero attached hydrogens (tertiary/aromatic N) is 2. The van der Waals surface area contributed by atoms with Crippen LogP contribution in [0, 0.1) is 0 Å². The Bertz CT molecular complexity index is 1140. The van der Waals surface area contributed by atoms with Crippen LogP contribution in [0.15, 0.2) is 58.0 Å². The van der Waals surface area contributed by atoms with E-state index in [9.17, 15) is 8.42 Å². The van der Waals surface area contributed by atoms with Crippen LogP contribution in [-0.2, 0) is 22.0 Å². The summed E-state index contributed by atoms with van der Waals surface area (Å²) in [5.74, 6) is 0.213. The van der Waals surface area contributed by atoms with Gasteiger partial charge in [-0.2, -0.15) is 5.10 Å². The number of benzene rings is 2. The molecular weight excluding hydrogens is 497 g/mol. The highest BCUT2D eigenvalue weighted by molar-refractivity contribution is 9.10. The number of halogens is 3. The molecule has 3 aromatic rings. The largest absolute Gasteiger partial charge is 0.265 e. The van der Waals surface area contributed by atoms with Crippen LogP contribution >= 0.6 is 39.1 Å². The highest BCUT2D eigenvalue weighted by Gasteiger charge is 2.20. The van der Waals surface area contributed by atoms with E-state index in [4.69, 9.17) is 23.2 Å². The Balaban J connectivity index is 1.80. The minimum absolute atomic E-state index is 0.0535. The molecule has 1 aromatic heterocycles. The van der Waals surface area contributed by atoms with E-state index in [1.165, 1.54) is 0 Å². The van der Waals surface area contributed by atoms with Gasteiger partial charge in [-0.25, -0.2) is 8.42 Å². The van der Waals surface area contributed by atoms with Gasteiger partial charge >= 0.3 is 0 Å². The standard InChI is InChI=1S/C20H20BrCl2N3O2S/c1-20(2,3)14-5-7-15(8-6-14)29(27,28)25-19-16(21)12-26(24-19)11-13-4-9-17(22)18(23)10-13/h4-10,12H,11H2,1-3H3,(H,24,25). The number of nitrogens with one attached hydrogen (secondary N) is 1. The van der Waals surface area contributed by atoms with Crippen LogP contribution < -0.4 is 4.72 Å². The maximum atomic E-state index is 12.8. The Hall–Kier alpha value is -1.54. The first-order valence-electron chi connectivity index (χ1n) is 8.76. The van der Waals surface area contributed by atoms with Gasteiger partial charge in [0.1, 0.15) is 0 Å². The highest BCUT2D eigenvalue weighted by atomic mass is 79.9. The van der Waals surface area contributed by atoms with Gasteiger partial charge in [-0.05, 0) is 56.7 Å². The second-order valence-electron chi connectivity index (χ2n) is 7.65. The molecule has 0 atom stereocenters. The van der Waals surface area contributed by atoms with Crippen LogP contribution in [0.2, 0.25) is 10.0 Å². The lowest BCUT2D eigenvalue weighted by molar-refractivity contribution is 0.587. The van der Waals surface area contributed by atoms with Crippen molar-refractivity contribution in [3.8, 4) is 0 Å². The summed E-state index contributed by atoms with van der Waals surface area (Å²) in [6, 6.07) is 12.2. The predicted octanol–water partition coefficient (Wildman–Crippen LogP) is 6.10. The molecule has 0 aliphatic carbocycles. The van der Waals surface area contributed by atoms with Crippen molar-refractivity contribution in [3.05, 3.63) is 74.3 Å². The molecule has 154 valence electrons. The zero-order chi connectivity index (χ0) is 21.4. The lowest BCUT2D eigenvalue weighted by Crippen LogP contribution is -2.15. The fourth-order valence-electron chi connectivity index (χ4n) is 2.69. The molecule has 1 heterocycles. The van der Waals surface area contributed by atoms with Gasteiger partial charge in [0.2, 0.25) is 0 Å². The van der Waals surface area contributed by atoms with Crippen LogP contribution in [0.1, 0.15) is 31.9 Å². The molecule has 0 fully saturated rings. The fourth-order valence-corrected chi connectivity index (χ4v) is 4.58. The van der Waals surface area contributed by atoms with Crippen LogP contribution in [0.25, 0.3) is 0 Å². The topological polar surface area (TPSA) is 64.0 Å². The van der Waals surface area contributed by atoms with E-state index in [1.807, 2.05) is 18.2 Å². The van der Waals surface area contributed by atoms with Gasteiger partial charge in [-0.1, -0.05) is 62.2 Å². The maximum Gasteiger partial charge on any atom is 0.263 e. The Morgan fingerprint density at radius 2 is 1.72 bits per heavy atom. The normalized spacial score (nSPS) is 12.2. The van der Waals surface area contributed by atoms with E-state index in [-0.39, 0.29) is 16.1 Å². The smallest absolute Gasteiger partial charge is 0.263 e. The average Bonchev–Trinajstić information content (AvgIpc) is 2.96. The SMILES string of the molecule is CC(C)(C)c1ccc(S(=O)(=O)Nc2nn(Cc3ccc(Cl)c(Cl)c3)cc2Br)cc1. The first kappa shape index (κ1) is 22.2. The second-order valence-corrected chi connectivity index (χ2v) is 11.0. The molecule has 29 heavy (non-hydrogen) atoms. The third kappa shape index (κ3) is 5.34. The maximum absolute atomic E-state index is 12.8. The first-order chi connectivity index (χ1) is 13.5. The molecule has 0 bridgehead atoms. The summed E-state index contributed by atoms with van der Waals surface area (Å²) in [7, 11) is -3.76. The monoisotopic (exact) mass is 515 g/mol. The van der Waals surface area contributed by atoms with Gasteiger partial charge in [0.25, 0.3) is 10.0 Å². The van der Waals surface area contributed by atoms with E-state index >= 15 is 0 Å². The van der Waals surface area contributed by atoms with E-state index in [1.54, 1.807) is 35.1 Å². The molecule has 0 amide bonds. The third-order valence-electron chi connectivity index (χ3n) is 4.31. The lowest BCUT2D eigenvalue weighted by atomic mass is 9.87. The highest BCUT2D eigenvalue weighted by Crippen LogP contribution is 2.27. The number of sulfonamides is 1. The molecule has 0 radical (unpaired) electrons. The zero-order valence-electron chi connectivity index (χ0n) is 16.1. The fraction of sp³-hybridized carbons (Fsp3) is 0.250. The minimum Gasteiger partial charge on any atom is -0.265 e. The molecule has 0 unspecified atom stereocenters. The quantitative estimate of drug-likeness (QED) is 0.445. The van der Waals surface area contributed by atoms with E-state index in [2.05, 4.69) is 46.5 Å². The third-order valence-corrected chi connectivity index (χ3v) is 6.98. The molecule has 0 aliphatic heterocycles. The Morgan fingerprint density at radius 1 is 1.07 bits per heavy atom. The van der Waals surface area contributed by atoms with Gasteiger partial charge < -0.3 is 0 Å².